The van der Waals surface area contributed by atoms with Gasteiger partial charge < -0.3 is 25.0 Å². The van der Waals surface area contributed by atoms with Crippen LogP contribution in [0.3, 0.4) is 0 Å². The first-order valence-electron chi connectivity index (χ1n) is 12.1. The van der Waals surface area contributed by atoms with Crippen molar-refractivity contribution in [3.63, 3.8) is 0 Å². The van der Waals surface area contributed by atoms with Crippen LogP contribution in [0.4, 0.5) is 5.82 Å². The maximum Gasteiger partial charge on any atom is 0.326 e. The zero-order chi connectivity index (χ0) is 27.0. The minimum atomic E-state index is -1.16. The van der Waals surface area contributed by atoms with E-state index in [1.54, 1.807) is 71.2 Å². The molecule has 2 aromatic heterocycles. The third kappa shape index (κ3) is 5.00. The molecule has 1 aliphatic heterocycles. The minimum Gasteiger partial charge on any atom is -0.480 e. The highest BCUT2D eigenvalue weighted by Crippen LogP contribution is 2.27. The fraction of sp³-hybridized carbons (Fsp3) is 0.259. The molecule has 0 spiro atoms. The van der Waals surface area contributed by atoms with E-state index >= 15 is 0 Å². The molecule has 1 amide bonds. The van der Waals surface area contributed by atoms with E-state index in [-0.39, 0.29) is 24.9 Å². The number of benzene rings is 2. The lowest BCUT2D eigenvalue weighted by Crippen LogP contribution is -2.51. The Morgan fingerprint density at radius 2 is 1.87 bits per heavy atom. The number of amides is 1. The van der Waals surface area contributed by atoms with E-state index in [1.807, 2.05) is 6.07 Å². The molecule has 0 bridgehead atoms. The molecule has 2 aromatic carbocycles. The van der Waals surface area contributed by atoms with Crippen molar-refractivity contribution in [3.8, 4) is 11.3 Å². The number of rotatable bonds is 7. The molecule has 0 aliphatic carbocycles. The molecular formula is C27H26ClN5O5. The fourth-order valence-electron chi connectivity index (χ4n) is 4.82. The SMILES string of the molecule is Cn1c(N2C[C@H](O)C[C@H]2C(=O)N[C@@H](Cc2ccccc2)C(=O)O)cc(=O)n2cc(-c3ccc(Cl)cc3)nc12. The molecule has 1 saturated heterocycles. The van der Waals surface area contributed by atoms with Gasteiger partial charge in [0.05, 0.1) is 11.8 Å². The van der Waals surface area contributed by atoms with Crippen LogP contribution in [0.5, 0.6) is 0 Å². The minimum absolute atomic E-state index is 0.0906. The van der Waals surface area contributed by atoms with Crippen molar-refractivity contribution >= 4 is 35.1 Å². The van der Waals surface area contributed by atoms with Gasteiger partial charge in [0.2, 0.25) is 11.7 Å². The van der Waals surface area contributed by atoms with Crippen molar-refractivity contribution in [2.24, 2.45) is 7.05 Å². The smallest absolute Gasteiger partial charge is 0.326 e. The maximum absolute atomic E-state index is 13.3. The predicted octanol–water partition coefficient (Wildman–Crippen LogP) is 2.11. The van der Waals surface area contributed by atoms with Gasteiger partial charge in [-0.05, 0) is 17.7 Å². The zero-order valence-corrected chi connectivity index (χ0v) is 21.2. The molecule has 3 atom stereocenters. The zero-order valence-electron chi connectivity index (χ0n) is 20.5. The van der Waals surface area contributed by atoms with Gasteiger partial charge in [-0.2, -0.15) is 0 Å². The number of carbonyl (C=O) groups excluding carboxylic acids is 1. The Kier molecular flexibility index (Phi) is 6.92. The Hall–Kier alpha value is -4.15. The average molecular weight is 536 g/mol. The second-order valence-electron chi connectivity index (χ2n) is 9.35. The number of carboxylic acid groups (broad SMARTS) is 1. The van der Waals surface area contributed by atoms with Crippen molar-refractivity contribution in [2.45, 2.75) is 31.0 Å². The van der Waals surface area contributed by atoms with Gasteiger partial charge in [-0.25, -0.2) is 9.78 Å². The van der Waals surface area contributed by atoms with Gasteiger partial charge in [0, 0.05) is 49.3 Å². The molecule has 5 rings (SSSR count). The third-order valence-electron chi connectivity index (χ3n) is 6.73. The molecule has 38 heavy (non-hydrogen) atoms. The Labute approximate surface area is 222 Å². The molecule has 4 aromatic rings. The van der Waals surface area contributed by atoms with Crippen molar-refractivity contribution in [1.82, 2.24) is 19.3 Å². The van der Waals surface area contributed by atoms with Crippen molar-refractivity contribution < 1.29 is 19.8 Å². The number of hydrogen-bond acceptors (Lipinski definition) is 6. The number of β-amino-alcohol motifs (C(OH)–C–C–N with tert-alkyl or cyclic N) is 1. The van der Waals surface area contributed by atoms with Crippen molar-refractivity contribution in [2.75, 3.05) is 11.4 Å². The Morgan fingerprint density at radius 1 is 1.16 bits per heavy atom. The molecule has 0 unspecified atom stereocenters. The number of halogens is 1. The van der Waals surface area contributed by atoms with Crippen LogP contribution < -0.4 is 15.8 Å². The maximum atomic E-state index is 13.3. The van der Waals surface area contributed by atoms with Gasteiger partial charge >= 0.3 is 5.97 Å². The molecule has 1 fully saturated rings. The summed E-state index contributed by atoms with van der Waals surface area (Å²) in [4.78, 5) is 44.5. The summed E-state index contributed by atoms with van der Waals surface area (Å²) in [6.07, 6.45) is 1.00. The Balaban J connectivity index is 1.45. The molecule has 1 aliphatic rings. The van der Waals surface area contributed by atoms with Crippen LogP contribution in [-0.2, 0) is 23.1 Å². The summed E-state index contributed by atoms with van der Waals surface area (Å²) in [6.45, 7) is 0.0999. The largest absolute Gasteiger partial charge is 0.480 e. The van der Waals surface area contributed by atoms with Crippen LogP contribution in [0, 0.1) is 0 Å². The number of aliphatic carboxylic acids is 1. The Morgan fingerprint density at radius 3 is 2.55 bits per heavy atom. The molecule has 3 heterocycles. The van der Waals surface area contributed by atoms with E-state index in [0.717, 1.165) is 11.1 Å². The molecule has 3 N–H and O–H groups in total. The second-order valence-corrected chi connectivity index (χ2v) is 9.79. The van der Waals surface area contributed by atoms with Crippen LogP contribution in [0.2, 0.25) is 5.02 Å². The normalized spacial score (nSPS) is 18.0. The highest BCUT2D eigenvalue weighted by atomic mass is 35.5. The molecule has 10 nitrogen and oxygen atoms in total. The third-order valence-corrected chi connectivity index (χ3v) is 6.99. The van der Waals surface area contributed by atoms with Crippen LogP contribution in [0.1, 0.15) is 12.0 Å². The number of anilines is 1. The van der Waals surface area contributed by atoms with E-state index in [9.17, 15) is 24.6 Å². The monoisotopic (exact) mass is 535 g/mol. The van der Waals surface area contributed by atoms with Crippen LogP contribution in [0.15, 0.2) is 71.7 Å². The van der Waals surface area contributed by atoms with Gasteiger partial charge in [-0.1, -0.05) is 54.1 Å². The number of aryl methyl sites for hydroxylation is 1. The van der Waals surface area contributed by atoms with Gasteiger partial charge in [-0.3, -0.25) is 14.0 Å². The molecule has 11 heteroatoms. The number of imidazole rings is 1. The molecule has 0 radical (unpaired) electrons. The first kappa shape index (κ1) is 25.5. The number of aliphatic hydroxyl groups excluding tert-OH is 1. The van der Waals surface area contributed by atoms with Gasteiger partial charge in [0.1, 0.15) is 17.9 Å². The number of aromatic nitrogens is 3. The number of hydrogen-bond donors (Lipinski definition) is 3. The number of nitrogens with one attached hydrogen (secondary N) is 1. The predicted molar refractivity (Wildman–Crippen MR) is 142 cm³/mol. The number of fused-ring (bicyclic) bond motifs is 1. The van der Waals surface area contributed by atoms with Gasteiger partial charge in [0.25, 0.3) is 5.56 Å². The van der Waals surface area contributed by atoms with E-state index in [2.05, 4.69) is 10.3 Å². The molecular weight excluding hydrogens is 510 g/mol. The first-order valence-corrected chi connectivity index (χ1v) is 12.5. The number of carboxylic acids is 1. The standard InChI is InChI=1S/C27H26ClN5O5/c1-31-23(13-24(35)33-15-21(30-27(31)33)17-7-9-18(28)10-8-17)32-14-19(34)12-22(32)25(36)29-20(26(37)38)11-16-5-3-2-4-6-16/h2-10,13,15,19-20,22,34H,11-12,14H2,1H3,(H,29,36)(H,37,38)/t19-,20+,22+/m1/s1. The first-order chi connectivity index (χ1) is 18.2. The average Bonchev–Trinajstić information content (AvgIpc) is 3.52. The van der Waals surface area contributed by atoms with Crippen LogP contribution in [0.25, 0.3) is 17.0 Å². The summed E-state index contributed by atoms with van der Waals surface area (Å²) < 4.78 is 3.09. The lowest BCUT2D eigenvalue weighted by molar-refractivity contribution is -0.142. The van der Waals surface area contributed by atoms with Crippen LogP contribution >= 0.6 is 11.6 Å². The lowest BCUT2D eigenvalue weighted by atomic mass is 10.1. The van der Waals surface area contributed by atoms with E-state index in [1.165, 1.54) is 10.5 Å². The summed E-state index contributed by atoms with van der Waals surface area (Å²) in [5.74, 6) is -0.955. The lowest BCUT2D eigenvalue weighted by Gasteiger charge is -2.28. The van der Waals surface area contributed by atoms with Crippen LogP contribution in [-0.4, -0.2) is 60.8 Å². The number of nitrogens with zero attached hydrogens (tertiary/aromatic N) is 4. The van der Waals surface area contributed by atoms with Crippen molar-refractivity contribution in [3.05, 3.63) is 87.8 Å². The molecule has 196 valence electrons. The topological polar surface area (TPSA) is 129 Å². The highest BCUT2D eigenvalue weighted by molar-refractivity contribution is 6.30. The Bertz CT molecular complexity index is 1550. The van der Waals surface area contributed by atoms with E-state index < -0.39 is 30.1 Å². The van der Waals surface area contributed by atoms with Crippen molar-refractivity contribution in [1.29, 1.82) is 0 Å². The summed E-state index contributed by atoms with van der Waals surface area (Å²) in [5.41, 5.74) is 1.78. The number of aliphatic hydroxyl groups is 1. The summed E-state index contributed by atoms with van der Waals surface area (Å²) in [6, 6.07) is 15.5. The van der Waals surface area contributed by atoms with E-state index in [4.69, 9.17) is 11.6 Å². The fourth-order valence-corrected chi connectivity index (χ4v) is 4.94. The number of carbonyl (C=O) groups is 2. The summed E-state index contributed by atoms with van der Waals surface area (Å²) in [7, 11) is 1.72. The molecule has 0 saturated carbocycles. The van der Waals surface area contributed by atoms with Gasteiger partial charge in [-0.15, -0.1) is 0 Å². The van der Waals surface area contributed by atoms with Gasteiger partial charge in [0.15, 0.2) is 0 Å². The summed E-state index contributed by atoms with van der Waals surface area (Å²) in [5, 5.41) is 23.4. The van der Waals surface area contributed by atoms with E-state index in [0.29, 0.717) is 22.3 Å². The second kappa shape index (κ2) is 10.3. The summed E-state index contributed by atoms with van der Waals surface area (Å²) >= 11 is 5.99. The highest BCUT2D eigenvalue weighted by Gasteiger charge is 2.39. The quantitative estimate of drug-likeness (QED) is 0.330.